The van der Waals surface area contributed by atoms with Crippen LogP contribution in [0.15, 0.2) is 42.7 Å². The van der Waals surface area contributed by atoms with Gasteiger partial charge in [-0.25, -0.2) is 0 Å². The van der Waals surface area contributed by atoms with Crippen LogP contribution in [0.4, 0.5) is 5.69 Å². The fraction of sp³-hybridized carbons (Fsp3) is 0.294. The number of carbonyl (C=O) groups is 1. The van der Waals surface area contributed by atoms with Crippen LogP contribution in [0.3, 0.4) is 0 Å². The second kappa shape index (κ2) is 7.20. The smallest absolute Gasteiger partial charge is 0.227 e. The molecule has 1 aliphatic heterocycles. The van der Waals surface area contributed by atoms with Gasteiger partial charge in [-0.05, 0) is 29.8 Å². The van der Waals surface area contributed by atoms with Gasteiger partial charge in [-0.3, -0.25) is 9.78 Å². The van der Waals surface area contributed by atoms with Crippen LogP contribution in [-0.4, -0.2) is 42.0 Å². The van der Waals surface area contributed by atoms with Gasteiger partial charge in [0, 0.05) is 44.3 Å². The van der Waals surface area contributed by atoms with E-state index < -0.39 is 0 Å². The van der Waals surface area contributed by atoms with Gasteiger partial charge in [0.1, 0.15) is 0 Å². The average molecular weight is 350 g/mol. The van der Waals surface area contributed by atoms with Crippen LogP contribution in [0.5, 0.6) is 0 Å². The van der Waals surface area contributed by atoms with Crippen molar-refractivity contribution in [3.63, 3.8) is 0 Å². The Morgan fingerprint density at radius 3 is 2.35 bits per heavy atom. The summed E-state index contributed by atoms with van der Waals surface area (Å²) in [5, 5.41) is 0.994. The molecule has 3 rings (SSSR count). The van der Waals surface area contributed by atoms with Crippen molar-refractivity contribution in [2.45, 2.75) is 6.42 Å². The topological polar surface area (TPSA) is 36.4 Å². The maximum atomic E-state index is 12.4. The first kappa shape index (κ1) is 16.1. The first-order valence-electron chi connectivity index (χ1n) is 7.50. The summed E-state index contributed by atoms with van der Waals surface area (Å²) in [5.41, 5.74) is 2.04. The van der Waals surface area contributed by atoms with Gasteiger partial charge < -0.3 is 9.80 Å². The van der Waals surface area contributed by atoms with Gasteiger partial charge in [0.2, 0.25) is 5.91 Å². The molecular formula is C17H17Cl2N3O. The molecule has 0 bridgehead atoms. The summed E-state index contributed by atoms with van der Waals surface area (Å²) in [6, 6.07) is 9.32. The van der Waals surface area contributed by atoms with E-state index in [1.807, 2.05) is 23.1 Å². The van der Waals surface area contributed by atoms with Crippen LogP contribution >= 0.6 is 23.2 Å². The van der Waals surface area contributed by atoms with Crippen molar-refractivity contribution in [1.29, 1.82) is 0 Å². The van der Waals surface area contributed by atoms with E-state index in [1.54, 1.807) is 24.5 Å². The molecule has 2 aromatic rings. The number of hydrogen-bond acceptors (Lipinski definition) is 3. The lowest BCUT2D eigenvalue weighted by atomic mass is 10.1. The summed E-state index contributed by atoms with van der Waals surface area (Å²) >= 11 is 11.9. The number of rotatable bonds is 3. The van der Waals surface area contributed by atoms with Crippen molar-refractivity contribution in [3.05, 3.63) is 58.3 Å². The lowest BCUT2D eigenvalue weighted by Crippen LogP contribution is -2.49. The van der Waals surface area contributed by atoms with E-state index in [-0.39, 0.29) is 5.91 Å². The predicted octanol–water partition coefficient (Wildman–Crippen LogP) is 3.28. The minimum atomic E-state index is 0.123. The lowest BCUT2D eigenvalue weighted by Gasteiger charge is -2.36. The van der Waals surface area contributed by atoms with Gasteiger partial charge in [-0.2, -0.15) is 0 Å². The number of amides is 1. The summed E-state index contributed by atoms with van der Waals surface area (Å²) in [5.74, 6) is 0.123. The largest absolute Gasteiger partial charge is 0.368 e. The van der Waals surface area contributed by atoms with Gasteiger partial charge in [0.25, 0.3) is 0 Å². The van der Waals surface area contributed by atoms with Crippen LogP contribution in [0.2, 0.25) is 10.0 Å². The average Bonchev–Trinajstić information content (AvgIpc) is 2.59. The number of aromatic nitrogens is 1. The van der Waals surface area contributed by atoms with E-state index in [1.165, 1.54) is 0 Å². The first-order chi connectivity index (χ1) is 11.1. The third kappa shape index (κ3) is 3.95. The molecule has 4 nitrogen and oxygen atoms in total. The number of pyridine rings is 1. The highest BCUT2D eigenvalue weighted by Crippen LogP contribution is 2.23. The van der Waals surface area contributed by atoms with E-state index in [4.69, 9.17) is 23.2 Å². The number of anilines is 1. The van der Waals surface area contributed by atoms with E-state index in [9.17, 15) is 4.79 Å². The fourth-order valence-corrected chi connectivity index (χ4v) is 3.03. The van der Waals surface area contributed by atoms with Crippen LogP contribution in [0.1, 0.15) is 5.56 Å². The molecule has 6 heteroatoms. The van der Waals surface area contributed by atoms with Crippen molar-refractivity contribution >= 4 is 34.8 Å². The third-order valence-corrected chi connectivity index (χ3v) is 4.74. The van der Waals surface area contributed by atoms with E-state index in [0.29, 0.717) is 16.5 Å². The Labute approximate surface area is 145 Å². The Morgan fingerprint density at radius 1 is 1.00 bits per heavy atom. The minimum absolute atomic E-state index is 0.123. The molecule has 0 unspecified atom stereocenters. The van der Waals surface area contributed by atoms with Crippen molar-refractivity contribution in [3.8, 4) is 0 Å². The second-order valence-electron chi connectivity index (χ2n) is 5.50. The number of nitrogens with zero attached hydrogens (tertiary/aromatic N) is 3. The minimum Gasteiger partial charge on any atom is -0.368 e. The number of piperazine rings is 1. The SMILES string of the molecule is O=C(Cc1ccc(Cl)c(Cl)c1)N1CCN(c2ccncc2)CC1. The van der Waals surface area contributed by atoms with Crippen molar-refractivity contribution in [2.75, 3.05) is 31.1 Å². The Hall–Kier alpha value is -1.78. The van der Waals surface area contributed by atoms with Gasteiger partial charge in [-0.15, -0.1) is 0 Å². The number of hydrogen-bond donors (Lipinski definition) is 0. The standard InChI is InChI=1S/C17H17Cl2N3O/c18-15-2-1-13(11-16(15)19)12-17(23)22-9-7-21(8-10-22)14-3-5-20-6-4-14/h1-6,11H,7-10,12H2. The van der Waals surface area contributed by atoms with Gasteiger partial charge in [0.05, 0.1) is 16.5 Å². The molecule has 2 heterocycles. The summed E-state index contributed by atoms with van der Waals surface area (Å²) in [6.45, 7) is 3.11. The van der Waals surface area contributed by atoms with E-state index in [0.717, 1.165) is 37.4 Å². The van der Waals surface area contributed by atoms with Gasteiger partial charge >= 0.3 is 0 Å². The van der Waals surface area contributed by atoms with Crippen LogP contribution in [0.25, 0.3) is 0 Å². The normalized spacial score (nSPS) is 14.9. The molecule has 1 fully saturated rings. The highest BCUT2D eigenvalue weighted by atomic mass is 35.5. The molecule has 0 saturated carbocycles. The number of carbonyl (C=O) groups excluding carboxylic acids is 1. The lowest BCUT2D eigenvalue weighted by molar-refractivity contribution is -0.130. The molecule has 0 aliphatic carbocycles. The summed E-state index contributed by atoms with van der Waals surface area (Å²) < 4.78 is 0. The zero-order valence-corrected chi connectivity index (χ0v) is 14.1. The molecular weight excluding hydrogens is 333 g/mol. The van der Waals surface area contributed by atoms with E-state index >= 15 is 0 Å². The highest BCUT2D eigenvalue weighted by Gasteiger charge is 2.21. The molecule has 1 aromatic carbocycles. The Balaban J connectivity index is 1.57. The monoisotopic (exact) mass is 349 g/mol. The second-order valence-corrected chi connectivity index (χ2v) is 6.31. The zero-order valence-electron chi connectivity index (χ0n) is 12.6. The molecule has 0 N–H and O–H groups in total. The molecule has 0 spiro atoms. The van der Waals surface area contributed by atoms with Crippen molar-refractivity contribution in [2.24, 2.45) is 0 Å². The van der Waals surface area contributed by atoms with Crippen LogP contribution < -0.4 is 4.90 Å². The van der Waals surface area contributed by atoms with Crippen LogP contribution in [-0.2, 0) is 11.2 Å². The summed E-state index contributed by atoms with van der Waals surface area (Å²) in [7, 11) is 0. The van der Waals surface area contributed by atoms with Gasteiger partial charge in [0.15, 0.2) is 0 Å². The zero-order chi connectivity index (χ0) is 16.2. The Bertz CT molecular complexity index is 685. The molecule has 1 saturated heterocycles. The first-order valence-corrected chi connectivity index (χ1v) is 8.26. The number of halogens is 2. The molecule has 23 heavy (non-hydrogen) atoms. The fourth-order valence-electron chi connectivity index (χ4n) is 2.70. The van der Waals surface area contributed by atoms with Crippen molar-refractivity contribution in [1.82, 2.24) is 9.88 Å². The Morgan fingerprint density at radius 2 is 1.70 bits per heavy atom. The molecule has 1 aliphatic rings. The maximum Gasteiger partial charge on any atom is 0.227 e. The van der Waals surface area contributed by atoms with Crippen molar-refractivity contribution < 1.29 is 4.79 Å². The predicted molar refractivity (Wildman–Crippen MR) is 93.2 cm³/mol. The molecule has 1 amide bonds. The highest BCUT2D eigenvalue weighted by molar-refractivity contribution is 6.42. The molecule has 1 aromatic heterocycles. The Kier molecular flexibility index (Phi) is 5.03. The number of benzene rings is 1. The summed E-state index contributed by atoms with van der Waals surface area (Å²) in [6.07, 6.45) is 3.93. The molecule has 0 atom stereocenters. The summed E-state index contributed by atoms with van der Waals surface area (Å²) in [4.78, 5) is 20.6. The maximum absolute atomic E-state index is 12.4. The molecule has 0 radical (unpaired) electrons. The van der Waals surface area contributed by atoms with Crippen LogP contribution in [0, 0.1) is 0 Å². The van der Waals surface area contributed by atoms with Gasteiger partial charge in [-0.1, -0.05) is 29.3 Å². The quantitative estimate of drug-likeness (QED) is 0.853. The third-order valence-electron chi connectivity index (χ3n) is 4.00. The molecule has 120 valence electrons. The van der Waals surface area contributed by atoms with E-state index in [2.05, 4.69) is 9.88 Å².